The Morgan fingerprint density at radius 1 is 0.776 bits per heavy atom. The van der Waals surface area contributed by atoms with Crippen molar-refractivity contribution < 1.29 is 19.5 Å². The third-order valence-corrected chi connectivity index (χ3v) is 12.9. The van der Waals surface area contributed by atoms with Gasteiger partial charge in [-0.05, 0) is 113 Å². The fourth-order valence-electron chi connectivity index (χ4n) is 9.70. The second-order valence-electron chi connectivity index (χ2n) is 16.6. The Kier molecular flexibility index (Phi) is 16.7. The van der Waals surface area contributed by atoms with Crippen LogP contribution in [0.5, 0.6) is 0 Å². The van der Waals surface area contributed by atoms with Gasteiger partial charge in [0.1, 0.15) is 0 Å². The molecule has 0 aromatic carbocycles. The van der Waals surface area contributed by atoms with Gasteiger partial charge in [0.05, 0.1) is 6.10 Å². The monoisotopic (exact) mass is 682 g/mol. The Hall–Kier alpha value is -2.15. The third kappa shape index (κ3) is 12.5. The molecule has 0 heterocycles. The number of hydrogen-bond acceptors (Lipinski definition) is 4. The topological polar surface area (TPSA) is 108 Å². The number of aliphatic hydroxyl groups is 1. The van der Waals surface area contributed by atoms with E-state index in [-0.39, 0.29) is 35.2 Å². The van der Waals surface area contributed by atoms with Crippen LogP contribution in [0.3, 0.4) is 0 Å². The number of carbonyl (C=O) groups is 3. The Balaban J connectivity index is 1.04. The standard InChI is InChI=1S/C42H71N3O4/c1-31-21-24-36(46)30-34(31)23-22-33-16-15-27-42(3)37(25-26-38(33)42)32(2)41(49)44-29-14-13-28-43-39(47)19-11-7-8-12-20-40(48)45-35-17-9-5-4-6-10-18-35/h22-23,31-32,35-38,46H,4-21,24-30H2,1-3H3,(H,43,47)(H,44,49)(H,45,48)/b33-22+,34-23-/t31?,32-,36-,37?,38?,42+/m0/s1. The van der Waals surface area contributed by atoms with Crippen molar-refractivity contribution in [2.24, 2.45) is 29.1 Å². The van der Waals surface area contributed by atoms with Crippen molar-refractivity contribution in [1.82, 2.24) is 16.0 Å². The third-order valence-electron chi connectivity index (χ3n) is 12.9. The van der Waals surface area contributed by atoms with Crippen molar-refractivity contribution in [1.29, 1.82) is 0 Å². The number of carbonyl (C=O) groups excluding carboxylic acids is 3. The summed E-state index contributed by atoms with van der Waals surface area (Å²) in [4.78, 5) is 37.9. The number of amides is 3. The van der Waals surface area contributed by atoms with Crippen molar-refractivity contribution in [2.45, 2.75) is 181 Å². The minimum absolute atomic E-state index is 0.00131. The van der Waals surface area contributed by atoms with E-state index in [1.165, 1.54) is 56.9 Å². The fourth-order valence-corrected chi connectivity index (χ4v) is 9.70. The number of aliphatic hydroxyl groups excluding tert-OH is 1. The van der Waals surface area contributed by atoms with Crippen molar-refractivity contribution in [3.8, 4) is 0 Å². The van der Waals surface area contributed by atoms with Gasteiger partial charge in [0.2, 0.25) is 17.7 Å². The Labute approximate surface area is 298 Å². The van der Waals surface area contributed by atoms with Crippen LogP contribution in [-0.4, -0.2) is 48.1 Å². The number of allylic oxidation sites excluding steroid dienone is 3. The minimum atomic E-state index is -0.190. The van der Waals surface area contributed by atoms with E-state index in [1.54, 1.807) is 5.57 Å². The van der Waals surface area contributed by atoms with Crippen molar-refractivity contribution in [2.75, 3.05) is 13.1 Å². The van der Waals surface area contributed by atoms with Gasteiger partial charge in [0.25, 0.3) is 0 Å². The molecule has 3 amide bonds. The Morgan fingerprint density at radius 3 is 2.16 bits per heavy atom. The summed E-state index contributed by atoms with van der Waals surface area (Å²) in [7, 11) is 0. The lowest BCUT2D eigenvalue weighted by atomic mass is 9.61. The predicted molar refractivity (Wildman–Crippen MR) is 200 cm³/mol. The van der Waals surface area contributed by atoms with Crippen LogP contribution >= 0.6 is 0 Å². The van der Waals surface area contributed by atoms with E-state index in [4.69, 9.17) is 0 Å². The van der Waals surface area contributed by atoms with E-state index in [9.17, 15) is 19.5 Å². The summed E-state index contributed by atoms with van der Waals surface area (Å²) in [5.74, 6) is 1.99. The van der Waals surface area contributed by atoms with Gasteiger partial charge in [-0.1, -0.05) is 89.0 Å². The van der Waals surface area contributed by atoms with Gasteiger partial charge < -0.3 is 21.1 Å². The maximum Gasteiger partial charge on any atom is 0.223 e. The molecule has 4 fully saturated rings. The summed E-state index contributed by atoms with van der Waals surface area (Å²) in [5.41, 5.74) is 3.12. The van der Waals surface area contributed by atoms with E-state index < -0.39 is 0 Å². The number of nitrogens with one attached hydrogen (secondary N) is 3. The molecule has 3 unspecified atom stereocenters. The van der Waals surface area contributed by atoms with Crippen molar-refractivity contribution in [3.05, 3.63) is 23.3 Å². The molecular weight excluding hydrogens is 610 g/mol. The van der Waals surface area contributed by atoms with Crippen LogP contribution in [0.2, 0.25) is 0 Å². The molecule has 6 atom stereocenters. The van der Waals surface area contributed by atoms with Crippen LogP contribution in [-0.2, 0) is 14.4 Å². The van der Waals surface area contributed by atoms with Crippen LogP contribution < -0.4 is 16.0 Å². The van der Waals surface area contributed by atoms with E-state index in [2.05, 4.69) is 48.9 Å². The summed E-state index contributed by atoms with van der Waals surface area (Å²) < 4.78 is 0. The van der Waals surface area contributed by atoms with Crippen LogP contribution in [0.15, 0.2) is 23.3 Å². The molecule has 4 N–H and O–H groups in total. The van der Waals surface area contributed by atoms with E-state index >= 15 is 0 Å². The van der Waals surface area contributed by atoms with Crippen LogP contribution in [0.1, 0.15) is 168 Å². The summed E-state index contributed by atoms with van der Waals surface area (Å²) in [6.45, 7) is 8.16. The van der Waals surface area contributed by atoms with Crippen LogP contribution in [0, 0.1) is 29.1 Å². The molecule has 0 spiro atoms. The molecule has 4 aliphatic carbocycles. The lowest BCUT2D eigenvalue weighted by Gasteiger charge is -2.44. The quantitative estimate of drug-likeness (QED) is 0.123. The molecule has 0 radical (unpaired) electrons. The first-order chi connectivity index (χ1) is 23.7. The Morgan fingerprint density at radius 2 is 1.43 bits per heavy atom. The molecule has 0 aromatic rings. The lowest BCUT2D eigenvalue weighted by Crippen LogP contribution is -2.41. The van der Waals surface area contributed by atoms with Gasteiger partial charge >= 0.3 is 0 Å². The molecule has 7 nitrogen and oxygen atoms in total. The summed E-state index contributed by atoms with van der Waals surface area (Å²) >= 11 is 0. The molecule has 4 saturated carbocycles. The van der Waals surface area contributed by atoms with Gasteiger partial charge in [-0.2, -0.15) is 0 Å². The minimum Gasteiger partial charge on any atom is -0.393 e. The average Bonchev–Trinajstić information content (AvgIpc) is 3.42. The number of fused-ring (bicyclic) bond motifs is 1. The molecule has 0 aliphatic heterocycles. The first-order valence-corrected chi connectivity index (χ1v) is 20.6. The second-order valence-corrected chi connectivity index (χ2v) is 16.6. The first kappa shape index (κ1) is 39.6. The molecule has 0 bridgehead atoms. The van der Waals surface area contributed by atoms with Gasteiger partial charge in [-0.3, -0.25) is 14.4 Å². The zero-order valence-corrected chi connectivity index (χ0v) is 31.5. The highest BCUT2D eigenvalue weighted by atomic mass is 16.3. The highest BCUT2D eigenvalue weighted by Crippen LogP contribution is 2.59. The van der Waals surface area contributed by atoms with E-state index in [0.717, 1.165) is 83.5 Å². The summed E-state index contributed by atoms with van der Waals surface area (Å²) in [6, 6.07) is 0.370. The van der Waals surface area contributed by atoms with Gasteiger partial charge in [0.15, 0.2) is 0 Å². The normalized spacial score (nSPS) is 30.3. The highest BCUT2D eigenvalue weighted by molar-refractivity contribution is 5.79. The molecule has 4 rings (SSSR count). The number of hydrogen-bond donors (Lipinski definition) is 4. The Bertz CT molecular complexity index is 1110. The number of rotatable bonds is 16. The highest BCUT2D eigenvalue weighted by Gasteiger charge is 2.51. The largest absolute Gasteiger partial charge is 0.393 e. The average molecular weight is 682 g/mol. The number of unbranched alkanes of at least 4 members (excludes halogenated alkanes) is 4. The van der Waals surface area contributed by atoms with E-state index in [0.29, 0.717) is 49.7 Å². The molecule has 0 saturated heterocycles. The lowest BCUT2D eigenvalue weighted by molar-refractivity contribution is -0.128. The van der Waals surface area contributed by atoms with Crippen molar-refractivity contribution in [3.63, 3.8) is 0 Å². The zero-order chi connectivity index (χ0) is 35.1. The first-order valence-electron chi connectivity index (χ1n) is 20.6. The van der Waals surface area contributed by atoms with Crippen LogP contribution in [0.4, 0.5) is 0 Å². The van der Waals surface area contributed by atoms with Gasteiger partial charge in [0, 0.05) is 37.9 Å². The maximum absolute atomic E-state index is 13.3. The van der Waals surface area contributed by atoms with Crippen molar-refractivity contribution >= 4 is 17.7 Å². The SMILES string of the molecule is CC1CC[C@H](O)C/C1=C/C=C1\CCC[C@@]2(C)C1CCC2[C@H](C)C(=O)NCCCCNC(=O)CCCCCCC(=O)NC1CCCCCCC1. The second kappa shape index (κ2) is 20.6. The molecule has 0 aromatic heterocycles. The zero-order valence-electron chi connectivity index (χ0n) is 31.5. The van der Waals surface area contributed by atoms with Crippen LogP contribution in [0.25, 0.3) is 0 Å². The molecule has 278 valence electrons. The van der Waals surface area contributed by atoms with Gasteiger partial charge in [-0.15, -0.1) is 0 Å². The summed E-state index contributed by atoms with van der Waals surface area (Å²) in [5, 5.41) is 19.7. The van der Waals surface area contributed by atoms with E-state index in [1.807, 2.05) is 0 Å². The van der Waals surface area contributed by atoms with Gasteiger partial charge in [-0.25, -0.2) is 0 Å². The smallest absolute Gasteiger partial charge is 0.223 e. The maximum atomic E-state index is 13.3. The molecule has 49 heavy (non-hydrogen) atoms. The predicted octanol–water partition coefficient (Wildman–Crippen LogP) is 8.45. The molecule has 4 aliphatic rings. The fraction of sp³-hybridized carbons (Fsp3) is 0.833. The molecular formula is C42H71N3O4. The molecule has 7 heteroatoms. The summed E-state index contributed by atoms with van der Waals surface area (Å²) in [6.07, 6.45) is 28.4.